The number of ether oxygens (including phenoxy) is 3. The van der Waals surface area contributed by atoms with Crippen molar-refractivity contribution in [3.63, 3.8) is 0 Å². The van der Waals surface area contributed by atoms with Gasteiger partial charge in [0, 0.05) is 5.69 Å². The third-order valence-electron chi connectivity index (χ3n) is 5.99. The molecule has 1 N–H and O–H groups in total. The van der Waals surface area contributed by atoms with E-state index in [9.17, 15) is 26.4 Å². The van der Waals surface area contributed by atoms with Gasteiger partial charge in [-0.3, -0.25) is 9.10 Å². The van der Waals surface area contributed by atoms with Crippen molar-refractivity contribution in [1.82, 2.24) is 0 Å². The Morgan fingerprint density at radius 1 is 0.974 bits per heavy atom. The number of sulfonamides is 1. The van der Waals surface area contributed by atoms with E-state index >= 15 is 0 Å². The van der Waals surface area contributed by atoms with E-state index in [0.29, 0.717) is 5.75 Å². The van der Waals surface area contributed by atoms with Crippen LogP contribution in [-0.2, 0) is 20.2 Å². The first-order chi connectivity index (χ1) is 18.2. The van der Waals surface area contributed by atoms with Gasteiger partial charge in [-0.25, -0.2) is 8.42 Å². The van der Waals surface area contributed by atoms with Gasteiger partial charge in [-0.15, -0.1) is 13.2 Å². The Morgan fingerprint density at radius 2 is 1.59 bits per heavy atom. The largest absolute Gasteiger partial charge is 0.573 e. The highest BCUT2D eigenvalue weighted by Crippen LogP contribution is 2.40. The lowest BCUT2D eigenvalue weighted by Gasteiger charge is -2.36. The summed E-state index contributed by atoms with van der Waals surface area (Å²) in [6.45, 7) is 5.63. The van der Waals surface area contributed by atoms with Crippen molar-refractivity contribution in [2.75, 3.05) is 23.3 Å². The lowest BCUT2D eigenvalue weighted by atomic mass is 9.86. The van der Waals surface area contributed by atoms with E-state index in [1.165, 1.54) is 43.5 Å². The molecule has 0 aromatic heterocycles. The van der Waals surface area contributed by atoms with Crippen LogP contribution in [0.1, 0.15) is 26.3 Å². The number of benzene rings is 3. The molecule has 0 spiro atoms. The molecule has 0 fully saturated rings. The summed E-state index contributed by atoms with van der Waals surface area (Å²) in [5, 5.41) is 2.56. The van der Waals surface area contributed by atoms with E-state index in [4.69, 9.17) is 9.47 Å². The van der Waals surface area contributed by atoms with Gasteiger partial charge in [0.2, 0.25) is 0 Å². The fourth-order valence-corrected chi connectivity index (χ4v) is 5.39. The van der Waals surface area contributed by atoms with E-state index in [0.717, 1.165) is 22.0 Å². The summed E-state index contributed by atoms with van der Waals surface area (Å²) >= 11 is 0. The number of nitrogens with one attached hydrogen (secondary N) is 1. The number of nitrogens with zero attached hydrogens (tertiary/aromatic N) is 1. The van der Waals surface area contributed by atoms with Crippen LogP contribution < -0.4 is 23.8 Å². The van der Waals surface area contributed by atoms with Crippen LogP contribution in [0.25, 0.3) is 0 Å². The maximum Gasteiger partial charge on any atom is 0.573 e. The lowest BCUT2D eigenvalue weighted by molar-refractivity contribution is -0.274. The molecule has 12 heteroatoms. The van der Waals surface area contributed by atoms with Crippen molar-refractivity contribution in [3.05, 3.63) is 72.3 Å². The van der Waals surface area contributed by atoms with Crippen LogP contribution in [0.5, 0.6) is 17.2 Å². The van der Waals surface area contributed by atoms with Gasteiger partial charge in [0.25, 0.3) is 15.9 Å². The Bertz CT molecular complexity index is 1450. The van der Waals surface area contributed by atoms with Crippen molar-refractivity contribution in [3.8, 4) is 17.2 Å². The molecule has 1 atom stereocenters. The van der Waals surface area contributed by atoms with Crippen molar-refractivity contribution >= 4 is 27.3 Å². The fraction of sp³-hybridized carbons (Fsp3) is 0.296. The van der Waals surface area contributed by atoms with Gasteiger partial charge >= 0.3 is 6.36 Å². The smallest absolute Gasteiger partial charge is 0.497 e. The fourth-order valence-electron chi connectivity index (χ4n) is 3.92. The summed E-state index contributed by atoms with van der Waals surface area (Å²) in [6.07, 6.45) is -6.10. The normalized spacial score (nSPS) is 15.7. The lowest BCUT2D eigenvalue weighted by Crippen LogP contribution is -2.49. The monoisotopic (exact) mass is 564 g/mol. The number of amides is 1. The van der Waals surface area contributed by atoms with Gasteiger partial charge in [0.15, 0.2) is 6.10 Å². The molecule has 3 aromatic carbocycles. The van der Waals surface area contributed by atoms with Crippen LogP contribution in [0.4, 0.5) is 24.5 Å². The molecule has 0 saturated carbocycles. The molecule has 8 nitrogen and oxygen atoms in total. The number of hydrogen-bond donors (Lipinski definition) is 1. The number of rotatable bonds is 6. The molecule has 0 saturated heterocycles. The Hall–Kier alpha value is -3.93. The SMILES string of the molecule is COc1ccc(S(=O)(=O)N2C[C@@H](C(=O)Nc3ccc(OC(F)(F)F)cc3)Oc3ccc(C(C)(C)C)cc32)cc1. The number of carbonyl (C=O) groups excluding carboxylic acids is 1. The second-order valence-corrected chi connectivity index (χ2v) is 11.7. The minimum atomic E-state index is -4.85. The molecule has 39 heavy (non-hydrogen) atoms. The minimum Gasteiger partial charge on any atom is -0.497 e. The number of methoxy groups -OCH3 is 1. The minimum absolute atomic E-state index is 0.00303. The zero-order chi connectivity index (χ0) is 28.6. The van der Waals surface area contributed by atoms with Crippen molar-refractivity contribution < 1.29 is 40.6 Å². The van der Waals surface area contributed by atoms with E-state index in [1.807, 2.05) is 20.8 Å². The molecule has 4 rings (SSSR count). The van der Waals surface area contributed by atoms with Crippen LogP contribution in [0, 0.1) is 0 Å². The molecule has 0 unspecified atom stereocenters. The molecule has 0 radical (unpaired) electrons. The van der Waals surface area contributed by atoms with Crippen LogP contribution >= 0.6 is 0 Å². The third-order valence-corrected chi connectivity index (χ3v) is 7.78. The molecule has 1 aliphatic heterocycles. The first kappa shape index (κ1) is 28.1. The average molecular weight is 565 g/mol. The molecule has 208 valence electrons. The second-order valence-electron chi connectivity index (χ2n) is 9.81. The van der Waals surface area contributed by atoms with Gasteiger partial charge in [-0.2, -0.15) is 0 Å². The first-order valence-electron chi connectivity index (χ1n) is 11.8. The zero-order valence-corrected chi connectivity index (χ0v) is 22.4. The standard InChI is InChI=1S/C27H27F3N2O6S/c1-26(2,3)17-5-14-23-22(15-17)32(39(34,35)21-12-10-19(36-4)11-13-21)16-24(37-23)25(33)31-18-6-8-20(9-7-18)38-27(28,29)30/h5-15,24H,16H2,1-4H3,(H,31,33)/t24-/m0/s1. The highest BCUT2D eigenvalue weighted by atomic mass is 32.2. The number of anilines is 2. The average Bonchev–Trinajstić information content (AvgIpc) is 2.87. The summed E-state index contributed by atoms with van der Waals surface area (Å²) in [4.78, 5) is 13.1. The number of fused-ring (bicyclic) bond motifs is 1. The summed E-state index contributed by atoms with van der Waals surface area (Å²) in [5.74, 6) is -0.453. The Balaban J connectivity index is 1.65. The van der Waals surface area contributed by atoms with Gasteiger partial charge in [-0.1, -0.05) is 26.8 Å². The third kappa shape index (κ3) is 6.39. The predicted molar refractivity (Wildman–Crippen MR) is 139 cm³/mol. The molecule has 0 bridgehead atoms. The van der Waals surface area contributed by atoms with Crippen LogP contribution in [-0.4, -0.2) is 40.4 Å². The van der Waals surface area contributed by atoms with E-state index < -0.39 is 34.1 Å². The summed E-state index contributed by atoms with van der Waals surface area (Å²) in [5.41, 5.74) is 1.04. The highest BCUT2D eigenvalue weighted by molar-refractivity contribution is 7.92. The molecule has 1 aliphatic rings. The molecular formula is C27H27F3N2O6S. The molecule has 3 aromatic rings. The maximum atomic E-state index is 13.8. The second kappa shape index (κ2) is 10.3. The van der Waals surface area contributed by atoms with E-state index in [1.54, 1.807) is 18.2 Å². The number of hydrogen-bond acceptors (Lipinski definition) is 6. The van der Waals surface area contributed by atoms with E-state index in [2.05, 4.69) is 10.1 Å². The molecule has 1 amide bonds. The number of carbonyl (C=O) groups is 1. The maximum absolute atomic E-state index is 13.8. The van der Waals surface area contributed by atoms with Crippen molar-refractivity contribution in [1.29, 1.82) is 0 Å². The van der Waals surface area contributed by atoms with Crippen LogP contribution in [0.2, 0.25) is 0 Å². The molecular weight excluding hydrogens is 537 g/mol. The number of halogens is 3. The van der Waals surface area contributed by atoms with Gasteiger partial charge in [0.05, 0.1) is 24.2 Å². The summed E-state index contributed by atoms with van der Waals surface area (Å²) in [7, 11) is -2.66. The summed E-state index contributed by atoms with van der Waals surface area (Å²) in [6, 6.07) is 15.6. The first-order valence-corrected chi connectivity index (χ1v) is 13.3. The summed E-state index contributed by atoms with van der Waals surface area (Å²) < 4.78 is 80.9. The Kier molecular flexibility index (Phi) is 7.44. The van der Waals surface area contributed by atoms with Crippen molar-refractivity contribution in [2.45, 2.75) is 43.5 Å². The predicted octanol–water partition coefficient (Wildman–Crippen LogP) is 5.49. The topological polar surface area (TPSA) is 94.2 Å². The highest BCUT2D eigenvalue weighted by Gasteiger charge is 2.38. The number of alkyl halides is 3. The molecule has 0 aliphatic carbocycles. The zero-order valence-electron chi connectivity index (χ0n) is 21.6. The quantitative estimate of drug-likeness (QED) is 0.426. The molecule has 1 heterocycles. The van der Waals surface area contributed by atoms with Gasteiger partial charge in [-0.05, 0) is 71.6 Å². The van der Waals surface area contributed by atoms with Crippen LogP contribution in [0.15, 0.2) is 71.6 Å². The van der Waals surface area contributed by atoms with Crippen molar-refractivity contribution in [2.24, 2.45) is 0 Å². The van der Waals surface area contributed by atoms with Gasteiger partial charge < -0.3 is 19.5 Å². The van der Waals surface area contributed by atoms with E-state index in [-0.39, 0.29) is 34.0 Å². The Morgan fingerprint density at radius 3 is 2.15 bits per heavy atom. The Labute approximate surface area is 224 Å². The van der Waals surface area contributed by atoms with Crippen LogP contribution in [0.3, 0.4) is 0 Å². The van der Waals surface area contributed by atoms with Gasteiger partial charge in [0.1, 0.15) is 17.2 Å².